The first kappa shape index (κ1) is 15.9. The number of hydrogen-bond donors (Lipinski definition) is 6. The van der Waals surface area contributed by atoms with Crippen LogP contribution in [-0.2, 0) is 9.36 Å². The van der Waals surface area contributed by atoms with E-state index in [2.05, 4.69) is 5.32 Å². The van der Waals surface area contributed by atoms with Crippen LogP contribution in [0.1, 0.15) is 12.8 Å². The third kappa shape index (κ3) is 9.76. The first-order valence-corrected chi connectivity index (χ1v) is 6.63. The van der Waals surface area contributed by atoms with Gasteiger partial charge in [0.1, 0.15) is 6.29 Å². The Hall–Kier alpha value is -1.15. The van der Waals surface area contributed by atoms with Crippen molar-refractivity contribution in [1.82, 2.24) is 10.6 Å². The molecule has 0 spiro atoms. The van der Waals surface area contributed by atoms with Crippen LogP contribution in [0.15, 0.2) is 0 Å². The summed E-state index contributed by atoms with van der Waals surface area (Å²) in [4.78, 5) is 38.6. The van der Waals surface area contributed by atoms with Crippen LogP contribution in [-0.4, -0.2) is 40.6 Å². The van der Waals surface area contributed by atoms with Gasteiger partial charge in [-0.25, -0.2) is 4.79 Å². The molecule has 0 saturated heterocycles. The van der Waals surface area contributed by atoms with E-state index in [0.29, 0.717) is 6.42 Å². The Morgan fingerprint density at radius 1 is 1.29 bits per heavy atom. The molecule has 100 valence electrons. The molecule has 0 unspecified atom stereocenters. The predicted octanol–water partition coefficient (Wildman–Crippen LogP) is -1.99. The maximum Gasteiger partial charge on any atom is 0.344 e. The number of rotatable bonds is 7. The molecule has 17 heavy (non-hydrogen) atoms. The molecule has 1 atom stereocenters. The smallest absolute Gasteiger partial charge is 0.344 e. The molecule has 0 aliphatic rings. The zero-order valence-corrected chi connectivity index (χ0v) is 10.0. The predicted molar refractivity (Wildman–Crippen MR) is 59.8 cm³/mol. The average molecular weight is 268 g/mol. The van der Waals surface area contributed by atoms with Gasteiger partial charge in [0.05, 0.1) is 6.04 Å². The lowest BCUT2D eigenvalue weighted by Crippen LogP contribution is -2.41. The first-order valence-electron chi connectivity index (χ1n) is 4.83. The number of nitrogens with two attached hydrogens (primary N) is 2. The number of carbonyl (C=O) groups is 2. The zero-order chi connectivity index (χ0) is 13.5. The lowest BCUT2D eigenvalue weighted by atomic mass is 10.1. The van der Waals surface area contributed by atoms with Crippen LogP contribution in [0, 0.1) is 0 Å². The van der Waals surface area contributed by atoms with Gasteiger partial charge in [-0.15, -0.1) is 0 Å². The Balaban J connectivity index is 3.75. The SMILES string of the molecule is NC(=O)NCCC[C@H](N)C(=O)NCP(=O)(O)O. The normalized spacial score (nSPS) is 12.9. The molecular formula is C7H17N4O5P. The molecule has 0 rings (SSSR count). The summed E-state index contributed by atoms with van der Waals surface area (Å²) in [6, 6.07) is -1.54. The van der Waals surface area contributed by atoms with Gasteiger partial charge in [0.15, 0.2) is 0 Å². The number of primary amides is 1. The number of nitrogens with one attached hydrogen (secondary N) is 2. The zero-order valence-electron chi connectivity index (χ0n) is 9.13. The summed E-state index contributed by atoms with van der Waals surface area (Å²) < 4.78 is 10.5. The minimum atomic E-state index is -4.27. The van der Waals surface area contributed by atoms with Crippen molar-refractivity contribution in [2.24, 2.45) is 11.5 Å². The highest BCUT2D eigenvalue weighted by Gasteiger charge is 2.18. The maximum atomic E-state index is 11.2. The molecule has 0 saturated carbocycles. The van der Waals surface area contributed by atoms with Crippen LogP contribution in [0.4, 0.5) is 4.79 Å². The molecule has 0 aliphatic heterocycles. The lowest BCUT2D eigenvalue weighted by Gasteiger charge is -2.12. The number of urea groups is 1. The molecule has 8 N–H and O–H groups in total. The van der Waals surface area contributed by atoms with E-state index < -0.39 is 31.9 Å². The van der Waals surface area contributed by atoms with E-state index in [-0.39, 0.29) is 13.0 Å². The third-order valence-electron chi connectivity index (χ3n) is 1.79. The van der Waals surface area contributed by atoms with Crippen LogP contribution in [0.5, 0.6) is 0 Å². The Kier molecular flexibility index (Phi) is 6.74. The van der Waals surface area contributed by atoms with Crippen molar-refractivity contribution in [3.8, 4) is 0 Å². The summed E-state index contributed by atoms with van der Waals surface area (Å²) in [5, 5.41) is 4.36. The van der Waals surface area contributed by atoms with Gasteiger partial charge in [0.2, 0.25) is 5.91 Å². The van der Waals surface area contributed by atoms with Crippen LogP contribution < -0.4 is 22.1 Å². The van der Waals surface area contributed by atoms with Gasteiger partial charge >= 0.3 is 13.6 Å². The Morgan fingerprint density at radius 3 is 2.35 bits per heavy atom. The van der Waals surface area contributed by atoms with Gasteiger partial charge in [-0.05, 0) is 12.8 Å². The van der Waals surface area contributed by atoms with Gasteiger partial charge in [-0.1, -0.05) is 0 Å². The highest BCUT2D eigenvalue weighted by atomic mass is 31.2. The maximum absolute atomic E-state index is 11.2. The molecular weight excluding hydrogens is 251 g/mol. The molecule has 0 fully saturated rings. The molecule has 0 bridgehead atoms. The standard InChI is InChI=1S/C7H17N4O5P/c8-5(2-1-3-10-7(9)13)6(12)11-4-17(14,15)16/h5H,1-4,8H2,(H,11,12)(H3,9,10,13)(H2,14,15,16)/t5-/m0/s1. The second-order valence-corrected chi connectivity index (χ2v) is 5.05. The summed E-state index contributed by atoms with van der Waals surface area (Å²) in [7, 11) is -4.27. The quantitative estimate of drug-likeness (QED) is 0.231. The fourth-order valence-corrected chi connectivity index (χ4v) is 1.34. The number of hydrogen-bond acceptors (Lipinski definition) is 4. The number of amides is 3. The summed E-state index contributed by atoms with van der Waals surface area (Å²) in [6.45, 7) is 0.287. The van der Waals surface area contributed by atoms with Gasteiger partial charge < -0.3 is 31.9 Å². The molecule has 9 nitrogen and oxygen atoms in total. The van der Waals surface area contributed by atoms with Gasteiger partial charge in [0, 0.05) is 6.54 Å². The fraction of sp³-hybridized carbons (Fsp3) is 0.714. The minimum absolute atomic E-state index is 0.271. The van der Waals surface area contributed by atoms with Crippen molar-refractivity contribution in [2.75, 3.05) is 12.8 Å². The molecule has 0 aromatic carbocycles. The largest absolute Gasteiger partial charge is 0.352 e. The summed E-state index contributed by atoms with van der Waals surface area (Å²) in [5.74, 6) is -0.646. The lowest BCUT2D eigenvalue weighted by molar-refractivity contribution is -0.122. The second-order valence-electron chi connectivity index (χ2n) is 3.40. The summed E-state index contributed by atoms with van der Waals surface area (Å²) in [6.07, 6.45) is -0.0280. The van der Waals surface area contributed by atoms with Gasteiger partial charge in [0.25, 0.3) is 0 Å². The van der Waals surface area contributed by atoms with Crippen LogP contribution in [0.2, 0.25) is 0 Å². The minimum Gasteiger partial charge on any atom is -0.352 e. The number of carbonyl (C=O) groups excluding carboxylic acids is 2. The average Bonchev–Trinajstić information content (AvgIpc) is 2.19. The van der Waals surface area contributed by atoms with Crippen molar-refractivity contribution in [3.63, 3.8) is 0 Å². The van der Waals surface area contributed by atoms with Crippen LogP contribution in [0.3, 0.4) is 0 Å². The Morgan fingerprint density at radius 2 is 1.88 bits per heavy atom. The van der Waals surface area contributed by atoms with Crippen molar-refractivity contribution in [1.29, 1.82) is 0 Å². The van der Waals surface area contributed by atoms with E-state index in [9.17, 15) is 14.2 Å². The first-order chi connectivity index (χ1) is 7.72. The molecule has 0 radical (unpaired) electrons. The van der Waals surface area contributed by atoms with Crippen molar-refractivity contribution < 1.29 is 23.9 Å². The monoisotopic (exact) mass is 268 g/mol. The van der Waals surface area contributed by atoms with E-state index >= 15 is 0 Å². The van der Waals surface area contributed by atoms with Crippen molar-refractivity contribution in [2.45, 2.75) is 18.9 Å². The molecule has 0 aromatic rings. The van der Waals surface area contributed by atoms with Gasteiger partial charge in [-0.3, -0.25) is 9.36 Å². The highest BCUT2D eigenvalue weighted by molar-refractivity contribution is 7.51. The summed E-state index contributed by atoms with van der Waals surface area (Å²) >= 11 is 0. The van der Waals surface area contributed by atoms with Gasteiger partial charge in [-0.2, -0.15) is 0 Å². The molecule has 3 amide bonds. The van der Waals surface area contributed by atoms with E-state index in [0.717, 1.165) is 0 Å². The fourth-order valence-electron chi connectivity index (χ4n) is 0.977. The van der Waals surface area contributed by atoms with Crippen LogP contribution in [0.25, 0.3) is 0 Å². The topological polar surface area (TPSA) is 168 Å². The Labute approximate surface area is 98.1 Å². The van der Waals surface area contributed by atoms with Crippen molar-refractivity contribution in [3.05, 3.63) is 0 Å². The Bertz CT molecular complexity index is 317. The highest BCUT2D eigenvalue weighted by Crippen LogP contribution is 2.31. The van der Waals surface area contributed by atoms with E-state index in [4.69, 9.17) is 21.3 Å². The molecule has 0 aromatic heterocycles. The second kappa shape index (κ2) is 7.23. The van der Waals surface area contributed by atoms with E-state index in [1.165, 1.54) is 0 Å². The molecule has 0 heterocycles. The molecule has 0 aliphatic carbocycles. The summed E-state index contributed by atoms with van der Waals surface area (Å²) in [5.41, 5.74) is 10.3. The van der Waals surface area contributed by atoms with E-state index in [1.807, 2.05) is 5.32 Å². The third-order valence-corrected chi connectivity index (χ3v) is 2.36. The van der Waals surface area contributed by atoms with E-state index in [1.54, 1.807) is 0 Å². The van der Waals surface area contributed by atoms with Crippen molar-refractivity contribution >= 4 is 19.5 Å². The van der Waals surface area contributed by atoms with Crippen LogP contribution >= 0.6 is 7.60 Å². The molecule has 10 heteroatoms.